The number of benzene rings is 2. The molecule has 0 atom stereocenters. The maximum absolute atomic E-state index is 12.4. The van der Waals surface area contributed by atoms with E-state index in [9.17, 15) is 9.59 Å². The summed E-state index contributed by atoms with van der Waals surface area (Å²) in [7, 11) is 0. The van der Waals surface area contributed by atoms with Crippen LogP contribution in [0.5, 0.6) is 0 Å². The van der Waals surface area contributed by atoms with Gasteiger partial charge in [-0.25, -0.2) is 9.97 Å². The minimum absolute atomic E-state index is 0.154. The first kappa shape index (κ1) is 19.3. The molecule has 28 heavy (non-hydrogen) atoms. The van der Waals surface area contributed by atoms with Gasteiger partial charge in [-0.3, -0.25) is 9.59 Å². The number of hydrogen-bond donors (Lipinski definition) is 3. The van der Waals surface area contributed by atoms with Gasteiger partial charge in [0, 0.05) is 41.4 Å². The molecule has 142 valence electrons. The highest BCUT2D eigenvalue weighted by molar-refractivity contribution is 6.31. The predicted molar refractivity (Wildman–Crippen MR) is 110 cm³/mol. The number of hydrogen-bond acceptors (Lipinski definition) is 5. The summed E-state index contributed by atoms with van der Waals surface area (Å²) in [5, 5.41) is 9.11. The number of halogens is 1. The van der Waals surface area contributed by atoms with Crippen molar-refractivity contribution in [1.82, 2.24) is 9.97 Å². The topological polar surface area (TPSA) is 96.0 Å². The van der Waals surface area contributed by atoms with Gasteiger partial charge in [0.2, 0.25) is 11.9 Å². The van der Waals surface area contributed by atoms with Crippen LogP contribution in [0, 0.1) is 6.92 Å². The van der Waals surface area contributed by atoms with Gasteiger partial charge in [-0.1, -0.05) is 23.7 Å². The van der Waals surface area contributed by atoms with Crippen LogP contribution in [-0.4, -0.2) is 21.8 Å². The van der Waals surface area contributed by atoms with E-state index < -0.39 is 0 Å². The highest BCUT2D eigenvalue weighted by Gasteiger charge is 2.10. The van der Waals surface area contributed by atoms with Crippen molar-refractivity contribution in [2.75, 3.05) is 16.0 Å². The molecule has 8 heteroatoms. The molecule has 7 nitrogen and oxygen atoms in total. The maximum Gasteiger partial charge on any atom is 0.258 e. The van der Waals surface area contributed by atoms with Crippen LogP contribution in [0.25, 0.3) is 0 Å². The molecule has 0 aliphatic heterocycles. The second kappa shape index (κ2) is 8.49. The number of carbonyl (C=O) groups excluding carboxylic acids is 2. The quantitative estimate of drug-likeness (QED) is 0.595. The molecule has 1 aromatic heterocycles. The molecular formula is C20H18ClN5O2. The smallest absolute Gasteiger partial charge is 0.258 e. The average Bonchev–Trinajstić information content (AvgIpc) is 2.66. The lowest BCUT2D eigenvalue weighted by Gasteiger charge is -2.10. The molecule has 3 N–H and O–H groups in total. The Bertz CT molecular complexity index is 1020. The first-order chi connectivity index (χ1) is 13.4. The van der Waals surface area contributed by atoms with Gasteiger partial charge in [0.25, 0.3) is 5.91 Å². The van der Waals surface area contributed by atoms with E-state index in [-0.39, 0.29) is 11.8 Å². The Labute approximate surface area is 167 Å². The third-order valence-corrected chi connectivity index (χ3v) is 4.28. The molecule has 0 saturated carbocycles. The van der Waals surface area contributed by atoms with Crippen molar-refractivity contribution in [3.05, 3.63) is 71.0 Å². The molecule has 0 bridgehead atoms. The van der Waals surface area contributed by atoms with E-state index in [0.29, 0.717) is 33.6 Å². The van der Waals surface area contributed by atoms with Crippen LogP contribution in [0.3, 0.4) is 0 Å². The van der Waals surface area contributed by atoms with Crippen molar-refractivity contribution in [2.24, 2.45) is 0 Å². The predicted octanol–water partition coefficient (Wildman–Crippen LogP) is 4.39. The van der Waals surface area contributed by atoms with Crippen LogP contribution in [0.15, 0.2) is 54.9 Å². The molecule has 3 aromatic rings. The van der Waals surface area contributed by atoms with Crippen LogP contribution in [0.4, 0.5) is 23.0 Å². The summed E-state index contributed by atoms with van der Waals surface area (Å²) >= 11 is 6.07. The summed E-state index contributed by atoms with van der Waals surface area (Å²) in [4.78, 5) is 31.9. The fraction of sp³-hybridized carbons (Fsp3) is 0.100. The van der Waals surface area contributed by atoms with E-state index >= 15 is 0 Å². The molecule has 2 aromatic carbocycles. The van der Waals surface area contributed by atoms with Crippen molar-refractivity contribution in [1.29, 1.82) is 0 Å². The van der Waals surface area contributed by atoms with Crippen LogP contribution >= 0.6 is 11.6 Å². The number of nitrogens with one attached hydrogen (secondary N) is 3. The number of aromatic nitrogens is 2. The molecule has 2 amide bonds. The van der Waals surface area contributed by atoms with Gasteiger partial charge in [-0.2, -0.15) is 0 Å². The Hall–Kier alpha value is -3.45. The van der Waals surface area contributed by atoms with E-state index in [2.05, 4.69) is 25.9 Å². The van der Waals surface area contributed by atoms with E-state index in [4.69, 9.17) is 11.6 Å². The zero-order chi connectivity index (χ0) is 20.1. The average molecular weight is 396 g/mol. The van der Waals surface area contributed by atoms with Gasteiger partial charge in [0.05, 0.1) is 5.56 Å². The number of amides is 2. The monoisotopic (exact) mass is 395 g/mol. The standard InChI is InChI=1S/C20H18ClN5O2/c1-12-17(21)7-4-8-18(12)26-19(28)14-10-22-20(23-11-14)25-16-6-3-5-15(9-16)24-13(2)27/h3-11H,1-2H3,(H,24,27)(H,26,28)(H,22,23,25). The van der Waals surface area contributed by atoms with Gasteiger partial charge >= 0.3 is 0 Å². The first-order valence-electron chi connectivity index (χ1n) is 8.45. The number of carbonyl (C=O) groups is 2. The third kappa shape index (κ3) is 4.83. The fourth-order valence-electron chi connectivity index (χ4n) is 2.45. The summed E-state index contributed by atoms with van der Waals surface area (Å²) in [6.45, 7) is 3.27. The summed E-state index contributed by atoms with van der Waals surface area (Å²) in [5.74, 6) is -0.154. The lowest BCUT2D eigenvalue weighted by atomic mass is 10.2. The first-order valence-corrected chi connectivity index (χ1v) is 8.83. The summed E-state index contributed by atoms with van der Waals surface area (Å²) < 4.78 is 0. The molecule has 0 spiro atoms. The minimum atomic E-state index is -0.329. The number of nitrogens with zero attached hydrogens (tertiary/aromatic N) is 2. The Morgan fingerprint density at radius 1 is 0.964 bits per heavy atom. The lowest BCUT2D eigenvalue weighted by molar-refractivity contribution is -0.114. The van der Waals surface area contributed by atoms with E-state index in [1.165, 1.54) is 19.3 Å². The second-order valence-electron chi connectivity index (χ2n) is 6.05. The lowest BCUT2D eigenvalue weighted by Crippen LogP contribution is -2.14. The molecule has 0 unspecified atom stereocenters. The Kier molecular flexibility index (Phi) is 5.86. The molecule has 0 fully saturated rings. The summed E-state index contributed by atoms with van der Waals surface area (Å²) in [5.41, 5.74) is 3.10. The molecular weight excluding hydrogens is 378 g/mol. The molecule has 0 aliphatic carbocycles. The van der Waals surface area contributed by atoms with Crippen molar-refractivity contribution >= 4 is 46.4 Å². The van der Waals surface area contributed by atoms with Crippen molar-refractivity contribution in [3.8, 4) is 0 Å². The zero-order valence-electron chi connectivity index (χ0n) is 15.3. The van der Waals surface area contributed by atoms with Gasteiger partial charge in [-0.05, 0) is 42.8 Å². The summed E-state index contributed by atoms with van der Waals surface area (Å²) in [6.07, 6.45) is 2.87. The van der Waals surface area contributed by atoms with E-state index in [0.717, 1.165) is 5.56 Å². The maximum atomic E-state index is 12.4. The van der Waals surface area contributed by atoms with Crippen LogP contribution in [0.1, 0.15) is 22.8 Å². The molecule has 3 rings (SSSR count). The van der Waals surface area contributed by atoms with Crippen LogP contribution in [-0.2, 0) is 4.79 Å². The normalized spacial score (nSPS) is 10.2. The van der Waals surface area contributed by atoms with Crippen molar-refractivity contribution in [3.63, 3.8) is 0 Å². The van der Waals surface area contributed by atoms with Crippen molar-refractivity contribution < 1.29 is 9.59 Å². The third-order valence-electron chi connectivity index (χ3n) is 3.87. The fourth-order valence-corrected chi connectivity index (χ4v) is 2.63. The largest absolute Gasteiger partial charge is 0.326 e. The Morgan fingerprint density at radius 3 is 2.36 bits per heavy atom. The summed E-state index contributed by atoms with van der Waals surface area (Å²) in [6, 6.07) is 12.4. The van der Waals surface area contributed by atoms with Crippen molar-refractivity contribution in [2.45, 2.75) is 13.8 Å². The zero-order valence-corrected chi connectivity index (χ0v) is 16.0. The highest BCUT2D eigenvalue weighted by Crippen LogP contribution is 2.23. The highest BCUT2D eigenvalue weighted by atomic mass is 35.5. The number of rotatable bonds is 5. The molecule has 0 radical (unpaired) electrons. The number of anilines is 4. The van der Waals surface area contributed by atoms with Crippen LogP contribution in [0.2, 0.25) is 5.02 Å². The Morgan fingerprint density at radius 2 is 1.64 bits per heavy atom. The van der Waals surface area contributed by atoms with Crippen LogP contribution < -0.4 is 16.0 Å². The molecule has 0 aliphatic rings. The molecule has 0 saturated heterocycles. The SMILES string of the molecule is CC(=O)Nc1cccc(Nc2ncc(C(=O)Nc3cccc(Cl)c3C)cn2)c1. The molecule has 1 heterocycles. The van der Waals surface area contributed by atoms with Gasteiger partial charge in [-0.15, -0.1) is 0 Å². The van der Waals surface area contributed by atoms with Gasteiger partial charge in [0.15, 0.2) is 0 Å². The van der Waals surface area contributed by atoms with Gasteiger partial charge < -0.3 is 16.0 Å². The van der Waals surface area contributed by atoms with E-state index in [1.54, 1.807) is 36.4 Å². The van der Waals surface area contributed by atoms with E-state index in [1.807, 2.05) is 13.0 Å². The minimum Gasteiger partial charge on any atom is -0.326 e. The second-order valence-corrected chi connectivity index (χ2v) is 6.46. The Balaban J connectivity index is 1.69. The van der Waals surface area contributed by atoms with Gasteiger partial charge in [0.1, 0.15) is 0 Å².